The van der Waals surface area contributed by atoms with Gasteiger partial charge in [-0.15, -0.1) is 0 Å². The largest absolute Gasteiger partial charge is 0.496 e. The summed E-state index contributed by atoms with van der Waals surface area (Å²) in [6.45, 7) is 2.96. The zero-order chi connectivity index (χ0) is 18.4. The van der Waals surface area contributed by atoms with Gasteiger partial charge < -0.3 is 19.9 Å². The number of ether oxygens (including phenoxy) is 1. The summed E-state index contributed by atoms with van der Waals surface area (Å²) in [5, 5.41) is 2.95. The van der Waals surface area contributed by atoms with Crippen LogP contribution in [-0.4, -0.2) is 44.2 Å². The van der Waals surface area contributed by atoms with Gasteiger partial charge in [0.25, 0.3) is 0 Å². The van der Waals surface area contributed by atoms with Crippen molar-refractivity contribution in [3.8, 4) is 5.75 Å². The van der Waals surface area contributed by atoms with E-state index in [4.69, 9.17) is 4.74 Å². The molecule has 0 bridgehead atoms. The molecule has 1 aromatic heterocycles. The summed E-state index contributed by atoms with van der Waals surface area (Å²) < 4.78 is 5.27. The number of methoxy groups -OCH3 is 1. The number of aryl methyl sites for hydroxylation is 1. The maximum atomic E-state index is 12.4. The second-order valence-electron chi connectivity index (χ2n) is 6.20. The minimum Gasteiger partial charge on any atom is -0.496 e. The number of rotatable bonds is 6. The highest BCUT2D eigenvalue weighted by Gasteiger charge is 2.12. The van der Waals surface area contributed by atoms with Crippen molar-refractivity contribution in [3.05, 3.63) is 53.2 Å². The first kappa shape index (κ1) is 18.6. The Morgan fingerprint density at radius 2 is 2.00 bits per heavy atom. The predicted molar refractivity (Wildman–Crippen MR) is 100.0 cm³/mol. The van der Waals surface area contributed by atoms with E-state index in [1.54, 1.807) is 25.3 Å². The van der Waals surface area contributed by atoms with E-state index in [1.807, 2.05) is 56.3 Å². The molecule has 0 aliphatic rings. The third-order valence-corrected chi connectivity index (χ3v) is 3.95. The number of hydrogen-bond acceptors (Lipinski definition) is 4. The molecule has 1 heterocycles. The number of nitrogens with one attached hydrogen (secondary N) is 1. The second kappa shape index (κ2) is 8.37. The van der Waals surface area contributed by atoms with Gasteiger partial charge in [-0.05, 0) is 30.2 Å². The lowest BCUT2D eigenvalue weighted by atomic mass is 10.1. The SMILES string of the molecule is COc1ccc(CN(C)C(=O)NCc2cccnc2N(C)C)cc1C. The van der Waals surface area contributed by atoms with Crippen molar-refractivity contribution in [2.24, 2.45) is 0 Å². The van der Waals surface area contributed by atoms with Crippen LogP contribution in [0.4, 0.5) is 10.6 Å². The van der Waals surface area contributed by atoms with Crippen LogP contribution in [0.2, 0.25) is 0 Å². The van der Waals surface area contributed by atoms with Crippen LogP contribution >= 0.6 is 0 Å². The van der Waals surface area contributed by atoms with Gasteiger partial charge in [-0.2, -0.15) is 0 Å². The lowest BCUT2D eigenvalue weighted by Crippen LogP contribution is -2.36. The van der Waals surface area contributed by atoms with E-state index >= 15 is 0 Å². The molecule has 0 spiro atoms. The van der Waals surface area contributed by atoms with E-state index < -0.39 is 0 Å². The van der Waals surface area contributed by atoms with E-state index in [-0.39, 0.29) is 6.03 Å². The molecule has 0 saturated heterocycles. The molecule has 0 aliphatic carbocycles. The summed E-state index contributed by atoms with van der Waals surface area (Å²) >= 11 is 0. The van der Waals surface area contributed by atoms with Gasteiger partial charge in [-0.3, -0.25) is 0 Å². The van der Waals surface area contributed by atoms with Gasteiger partial charge in [0.1, 0.15) is 11.6 Å². The zero-order valence-electron chi connectivity index (χ0n) is 15.5. The Kier molecular flexibility index (Phi) is 6.22. The molecule has 0 aliphatic heterocycles. The maximum Gasteiger partial charge on any atom is 0.317 e. The first-order valence-corrected chi connectivity index (χ1v) is 8.16. The highest BCUT2D eigenvalue weighted by Crippen LogP contribution is 2.19. The third kappa shape index (κ3) is 4.86. The minimum absolute atomic E-state index is 0.123. The normalized spacial score (nSPS) is 10.3. The maximum absolute atomic E-state index is 12.4. The fourth-order valence-corrected chi connectivity index (χ4v) is 2.66. The minimum atomic E-state index is -0.123. The van der Waals surface area contributed by atoms with Crippen molar-refractivity contribution in [1.82, 2.24) is 15.2 Å². The molecule has 0 unspecified atom stereocenters. The number of urea groups is 1. The quantitative estimate of drug-likeness (QED) is 0.877. The number of aromatic nitrogens is 1. The number of amides is 2. The summed E-state index contributed by atoms with van der Waals surface area (Å²) in [6.07, 6.45) is 1.75. The highest BCUT2D eigenvalue weighted by molar-refractivity contribution is 5.74. The zero-order valence-corrected chi connectivity index (χ0v) is 15.5. The van der Waals surface area contributed by atoms with Crippen molar-refractivity contribution in [2.75, 3.05) is 33.2 Å². The monoisotopic (exact) mass is 342 g/mol. The molecule has 2 amide bonds. The molecule has 25 heavy (non-hydrogen) atoms. The van der Waals surface area contributed by atoms with Crippen molar-refractivity contribution in [3.63, 3.8) is 0 Å². The van der Waals surface area contributed by atoms with Gasteiger partial charge in [0.05, 0.1) is 7.11 Å². The Hall–Kier alpha value is -2.76. The van der Waals surface area contributed by atoms with E-state index in [0.29, 0.717) is 13.1 Å². The van der Waals surface area contributed by atoms with Gasteiger partial charge in [-0.25, -0.2) is 9.78 Å². The van der Waals surface area contributed by atoms with Gasteiger partial charge in [0.15, 0.2) is 0 Å². The number of carbonyl (C=O) groups is 1. The average Bonchev–Trinajstić information content (AvgIpc) is 2.59. The topological polar surface area (TPSA) is 57.7 Å². The molecular weight excluding hydrogens is 316 g/mol. The molecule has 1 aromatic carbocycles. The van der Waals surface area contributed by atoms with Gasteiger partial charge in [0.2, 0.25) is 0 Å². The standard InChI is InChI=1S/C19H26N4O2/c1-14-11-15(8-9-17(14)25-5)13-23(4)19(24)21-12-16-7-6-10-20-18(16)22(2)3/h6-11H,12-13H2,1-5H3,(H,21,24). The molecule has 134 valence electrons. The molecule has 1 N–H and O–H groups in total. The number of carbonyl (C=O) groups excluding carboxylic acids is 1. The fraction of sp³-hybridized carbons (Fsp3) is 0.368. The summed E-state index contributed by atoms with van der Waals surface area (Å²) in [5.41, 5.74) is 3.10. The molecule has 2 aromatic rings. The lowest BCUT2D eigenvalue weighted by molar-refractivity contribution is 0.206. The fourth-order valence-electron chi connectivity index (χ4n) is 2.66. The Morgan fingerprint density at radius 1 is 1.24 bits per heavy atom. The summed E-state index contributed by atoms with van der Waals surface area (Å²) in [4.78, 5) is 20.3. The van der Waals surface area contributed by atoms with Gasteiger partial charge in [-0.1, -0.05) is 18.2 Å². The van der Waals surface area contributed by atoms with Crippen LogP contribution in [0, 0.1) is 6.92 Å². The second-order valence-corrected chi connectivity index (χ2v) is 6.20. The van der Waals surface area contributed by atoms with E-state index in [0.717, 1.165) is 28.3 Å². The average molecular weight is 342 g/mol. The van der Waals surface area contributed by atoms with Crippen molar-refractivity contribution >= 4 is 11.8 Å². The van der Waals surface area contributed by atoms with Crippen molar-refractivity contribution in [2.45, 2.75) is 20.0 Å². The van der Waals surface area contributed by atoms with Crippen molar-refractivity contribution in [1.29, 1.82) is 0 Å². The molecule has 0 atom stereocenters. The number of benzene rings is 1. The van der Waals surface area contributed by atoms with Crippen LogP contribution in [0.5, 0.6) is 5.75 Å². The van der Waals surface area contributed by atoms with Crippen LogP contribution in [-0.2, 0) is 13.1 Å². The van der Waals surface area contributed by atoms with Crippen molar-refractivity contribution < 1.29 is 9.53 Å². The Labute approximate surface area is 149 Å². The highest BCUT2D eigenvalue weighted by atomic mass is 16.5. The summed E-state index contributed by atoms with van der Waals surface area (Å²) in [6, 6.07) is 9.65. The predicted octanol–water partition coefficient (Wildman–Crippen LogP) is 2.81. The Morgan fingerprint density at radius 3 is 2.64 bits per heavy atom. The van der Waals surface area contributed by atoms with E-state index in [2.05, 4.69) is 10.3 Å². The molecule has 6 nitrogen and oxygen atoms in total. The van der Waals surface area contributed by atoms with Crippen LogP contribution < -0.4 is 15.0 Å². The van der Waals surface area contributed by atoms with Crippen LogP contribution in [0.15, 0.2) is 36.5 Å². The number of pyridine rings is 1. The summed E-state index contributed by atoms with van der Waals surface area (Å²) in [5.74, 6) is 1.71. The van der Waals surface area contributed by atoms with Crippen LogP contribution in [0.25, 0.3) is 0 Å². The lowest BCUT2D eigenvalue weighted by Gasteiger charge is -2.20. The Bertz CT molecular complexity index is 731. The van der Waals surface area contributed by atoms with Crippen LogP contribution in [0.1, 0.15) is 16.7 Å². The van der Waals surface area contributed by atoms with E-state index in [1.165, 1.54) is 0 Å². The molecule has 0 saturated carbocycles. The molecular formula is C19H26N4O2. The van der Waals surface area contributed by atoms with Gasteiger partial charge >= 0.3 is 6.03 Å². The smallest absolute Gasteiger partial charge is 0.317 e. The number of anilines is 1. The van der Waals surface area contributed by atoms with Gasteiger partial charge in [0, 0.05) is 46.0 Å². The Balaban J connectivity index is 1.96. The number of hydrogen-bond donors (Lipinski definition) is 1. The van der Waals surface area contributed by atoms with Crippen LogP contribution in [0.3, 0.4) is 0 Å². The molecule has 2 rings (SSSR count). The third-order valence-electron chi connectivity index (χ3n) is 3.95. The number of nitrogens with zero attached hydrogens (tertiary/aromatic N) is 3. The van der Waals surface area contributed by atoms with E-state index in [9.17, 15) is 4.79 Å². The first-order chi connectivity index (χ1) is 11.9. The molecule has 6 heteroatoms. The first-order valence-electron chi connectivity index (χ1n) is 8.16. The molecule has 0 radical (unpaired) electrons. The summed E-state index contributed by atoms with van der Waals surface area (Å²) in [7, 11) is 7.31. The molecule has 0 fully saturated rings.